The number of hydrogen-bond acceptors (Lipinski definition) is 8. The first-order valence-corrected chi connectivity index (χ1v) is 11.9. The Morgan fingerprint density at radius 2 is 1.69 bits per heavy atom. The molecule has 0 N–H and O–H groups in total. The lowest BCUT2D eigenvalue weighted by Crippen LogP contribution is -2.59. The van der Waals surface area contributed by atoms with Crippen molar-refractivity contribution < 1.29 is 28.6 Å². The molecule has 3 fully saturated rings. The fourth-order valence-corrected chi connectivity index (χ4v) is 6.36. The van der Waals surface area contributed by atoms with Gasteiger partial charge < -0.3 is 14.2 Å². The zero-order valence-electron chi connectivity index (χ0n) is 19.6. The molecule has 0 bridgehead atoms. The number of Topliss-reactive ketones (excluding diaryl/α,β-unsaturated/α-hetero) is 1. The second kappa shape index (κ2) is 7.66. The third kappa shape index (κ3) is 2.92. The van der Waals surface area contributed by atoms with Gasteiger partial charge in [-0.1, -0.05) is 36.4 Å². The molecule has 35 heavy (non-hydrogen) atoms. The number of carbonyl (C=O) groups excluding carboxylic acids is 3. The largest absolute Gasteiger partial charge is 0.497 e. The Labute approximate surface area is 202 Å². The van der Waals surface area contributed by atoms with E-state index in [-0.39, 0.29) is 5.78 Å². The summed E-state index contributed by atoms with van der Waals surface area (Å²) in [6.07, 6.45) is 4.26. The Kier molecular flexibility index (Phi) is 4.78. The highest BCUT2D eigenvalue weighted by atomic mass is 16.7. The molecule has 0 aromatic heterocycles. The van der Waals surface area contributed by atoms with Gasteiger partial charge in [-0.2, -0.15) is 5.10 Å². The van der Waals surface area contributed by atoms with Crippen LogP contribution in [-0.4, -0.2) is 47.9 Å². The summed E-state index contributed by atoms with van der Waals surface area (Å²) in [7, 11) is 1.56. The van der Waals surface area contributed by atoms with Gasteiger partial charge in [0, 0.05) is 18.8 Å². The maximum atomic E-state index is 14.2. The van der Waals surface area contributed by atoms with Crippen molar-refractivity contribution in [1.29, 1.82) is 0 Å². The molecular formula is C27H26N2O6. The summed E-state index contributed by atoms with van der Waals surface area (Å²) in [5, 5.41) is 6.21. The number of fused-ring (bicyclic) bond motifs is 4. The molecule has 0 unspecified atom stereocenters. The van der Waals surface area contributed by atoms with E-state index < -0.39 is 41.1 Å². The molecule has 0 radical (unpaired) electrons. The van der Waals surface area contributed by atoms with Gasteiger partial charge in [-0.05, 0) is 48.6 Å². The molecule has 1 saturated carbocycles. The van der Waals surface area contributed by atoms with Crippen molar-refractivity contribution in [1.82, 2.24) is 5.01 Å². The van der Waals surface area contributed by atoms with E-state index in [2.05, 4.69) is 5.10 Å². The maximum absolute atomic E-state index is 14.2. The van der Waals surface area contributed by atoms with E-state index in [1.165, 1.54) is 6.92 Å². The van der Waals surface area contributed by atoms with Crippen LogP contribution in [0.2, 0.25) is 0 Å². The minimum Gasteiger partial charge on any atom is -0.497 e. The van der Waals surface area contributed by atoms with Crippen molar-refractivity contribution in [3.05, 3.63) is 65.2 Å². The van der Waals surface area contributed by atoms with E-state index >= 15 is 0 Å². The molecule has 2 spiro atoms. The predicted octanol–water partition coefficient (Wildman–Crippen LogP) is 3.50. The number of rotatable bonds is 3. The van der Waals surface area contributed by atoms with E-state index in [1.807, 2.05) is 24.3 Å². The van der Waals surface area contributed by atoms with E-state index in [0.717, 1.165) is 24.0 Å². The first-order valence-electron chi connectivity index (χ1n) is 11.9. The van der Waals surface area contributed by atoms with Crippen molar-refractivity contribution in [3.8, 4) is 5.75 Å². The van der Waals surface area contributed by atoms with E-state index in [0.29, 0.717) is 24.2 Å². The Hall–Kier alpha value is -3.68. The highest BCUT2D eigenvalue weighted by Crippen LogP contribution is 2.63. The normalized spacial score (nSPS) is 27.4. The standard InChI is InChI=1S/C27H26N2O6/c1-16(30)22-21(17-9-11-19(33-2)12-10-17)27(23-20-8-4-3-7-18(20)15-28-29(22)23)24(31)34-26(35-25(27)32)13-5-6-14-26/h3-4,7-12,15,21-23H,5-6,13-14H2,1-2H3/t21-,22-,23+/m1/s1. The predicted molar refractivity (Wildman–Crippen MR) is 125 cm³/mol. The summed E-state index contributed by atoms with van der Waals surface area (Å²) in [5.74, 6) is -2.96. The first-order chi connectivity index (χ1) is 16.9. The van der Waals surface area contributed by atoms with Gasteiger partial charge in [0.05, 0.1) is 13.3 Å². The van der Waals surface area contributed by atoms with Gasteiger partial charge in [0.1, 0.15) is 17.8 Å². The molecule has 2 aromatic carbocycles. The van der Waals surface area contributed by atoms with E-state index in [9.17, 15) is 14.4 Å². The van der Waals surface area contributed by atoms with Crippen LogP contribution in [0.4, 0.5) is 0 Å². The van der Waals surface area contributed by atoms with Crippen molar-refractivity contribution in [3.63, 3.8) is 0 Å². The highest BCUT2D eigenvalue weighted by Gasteiger charge is 2.75. The van der Waals surface area contributed by atoms with Crippen molar-refractivity contribution in [2.45, 2.75) is 56.4 Å². The Morgan fingerprint density at radius 3 is 2.31 bits per heavy atom. The number of ketones is 1. The van der Waals surface area contributed by atoms with Crippen molar-refractivity contribution in [2.75, 3.05) is 7.11 Å². The van der Waals surface area contributed by atoms with Crippen LogP contribution in [0.3, 0.4) is 0 Å². The van der Waals surface area contributed by atoms with Gasteiger partial charge in [0.15, 0.2) is 5.78 Å². The van der Waals surface area contributed by atoms with Crippen LogP contribution in [0, 0.1) is 5.41 Å². The fourth-order valence-electron chi connectivity index (χ4n) is 6.36. The highest BCUT2D eigenvalue weighted by molar-refractivity contribution is 6.07. The number of esters is 2. The number of hydrogen-bond donors (Lipinski definition) is 0. The van der Waals surface area contributed by atoms with Crippen LogP contribution in [0.5, 0.6) is 5.75 Å². The lowest BCUT2D eigenvalue weighted by Gasteiger charge is -2.45. The average Bonchev–Trinajstić information content (AvgIpc) is 3.44. The van der Waals surface area contributed by atoms with Gasteiger partial charge in [0.2, 0.25) is 5.41 Å². The number of nitrogens with zero attached hydrogens (tertiary/aromatic N) is 2. The molecule has 4 aliphatic rings. The molecule has 6 rings (SSSR count). The Morgan fingerprint density at radius 1 is 1.03 bits per heavy atom. The Balaban J connectivity index is 1.60. The summed E-state index contributed by atoms with van der Waals surface area (Å²) in [4.78, 5) is 41.5. The van der Waals surface area contributed by atoms with Crippen LogP contribution in [0.15, 0.2) is 53.6 Å². The monoisotopic (exact) mass is 474 g/mol. The summed E-state index contributed by atoms with van der Waals surface area (Å²) in [6.45, 7) is 1.46. The molecule has 3 aliphatic heterocycles. The van der Waals surface area contributed by atoms with Gasteiger partial charge in [-0.3, -0.25) is 19.4 Å². The van der Waals surface area contributed by atoms with Crippen LogP contribution < -0.4 is 4.74 Å². The lowest BCUT2D eigenvalue weighted by atomic mass is 9.65. The molecule has 2 saturated heterocycles. The second-order valence-corrected chi connectivity index (χ2v) is 9.73. The van der Waals surface area contributed by atoms with Crippen molar-refractivity contribution >= 4 is 23.9 Å². The van der Waals surface area contributed by atoms with Crippen LogP contribution in [0.1, 0.15) is 61.3 Å². The Bertz CT molecular complexity index is 1230. The van der Waals surface area contributed by atoms with Crippen LogP contribution in [0.25, 0.3) is 0 Å². The zero-order chi connectivity index (χ0) is 24.4. The fraction of sp³-hybridized carbons (Fsp3) is 0.407. The number of benzene rings is 2. The van der Waals surface area contributed by atoms with Crippen LogP contribution in [-0.2, 0) is 23.9 Å². The minimum atomic E-state index is -1.80. The molecule has 3 atom stereocenters. The topological polar surface area (TPSA) is 94.5 Å². The second-order valence-electron chi connectivity index (χ2n) is 9.73. The molecular weight excluding hydrogens is 448 g/mol. The molecule has 8 nitrogen and oxygen atoms in total. The molecule has 8 heteroatoms. The quantitative estimate of drug-likeness (QED) is 0.496. The SMILES string of the molecule is COc1ccc([C@@H]2[C@@H](C(C)=O)N3N=Cc4ccccc4[C@H]3C23C(=O)OC2(CCCC2)OC3=O)cc1. The van der Waals surface area contributed by atoms with Crippen molar-refractivity contribution in [2.24, 2.45) is 10.5 Å². The lowest BCUT2D eigenvalue weighted by molar-refractivity contribution is -0.263. The number of carbonyl (C=O) groups is 3. The minimum absolute atomic E-state index is 0.203. The van der Waals surface area contributed by atoms with E-state index in [4.69, 9.17) is 14.2 Å². The van der Waals surface area contributed by atoms with Gasteiger partial charge >= 0.3 is 11.9 Å². The smallest absolute Gasteiger partial charge is 0.330 e. The molecule has 1 aliphatic carbocycles. The van der Waals surface area contributed by atoms with Crippen LogP contribution >= 0.6 is 0 Å². The average molecular weight is 475 g/mol. The summed E-state index contributed by atoms with van der Waals surface area (Å²) >= 11 is 0. The summed E-state index contributed by atoms with van der Waals surface area (Å²) < 4.78 is 17.4. The maximum Gasteiger partial charge on any atom is 0.330 e. The van der Waals surface area contributed by atoms with Gasteiger partial charge in [-0.25, -0.2) is 0 Å². The molecule has 180 valence electrons. The third-order valence-electron chi connectivity index (χ3n) is 7.90. The first kappa shape index (κ1) is 21.8. The van der Waals surface area contributed by atoms with Gasteiger partial charge in [0.25, 0.3) is 5.79 Å². The number of methoxy groups -OCH3 is 1. The zero-order valence-corrected chi connectivity index (χ0v) is 19.6. The summed E-state index contributed by atoms with van der Waals surface area (Å²) in [6, 6.07) is 12.9. The third-order valence-corrected chi connectivity index (χ3v) is 7.90. The number of hydrazone groups is 1. The summed E-state index contributed by atoms with van der Waals surface area (Å²) in [5.41, 5.74) is 0.366. The molecule has 0 amide bonds. The van der Waals surface area contributed by atoms with E-state index in [1.54, 1.807) is 42.6 Å². The molecule has 3 heterocycles. The molecule has 2 aromatic rings. The number of ether oxygens (including phenoxy) is 3. The van der Waals surface area contributed by atoms with Gasteiger partial charge in [-0.15, -0.1) is 0 Å².